The van der Waals surface area contributed by atoms with Crippen LogP contribution in [-0.2, 0) is 12.0 Å². The monoisotopic (exact) mass is 315 g/mol. The number of rotatable bonds is 3. The van der Waals surface area contributed by atoms with Gasteiger partial charge in [0.1, 0.15) is 5.60 Å². The predicted octanol–water partition coefficient (Wildman–Crippen LogP) is 4.44. The van der Waals surface area contributed by atoms with Gasteiger partial charge >= 0.3 is 0 Å². The molecular weight excluding hydrogens is 294 g/mol. The van der Waals surface area contributed by atoms with Crippen molar-refractivity contribution < 1.29 is 5.11 Å². The Labute approximate surface area is 142 Å². The number of pyridine rings is 1. The Hall–Kier alpha value is -2.45. The second-order valence-electron chi connectivity index (χ2n) is 6.53. The molecule has 0 radical (unpaired) electrons. The van der Waals surface area contributed by atoms with Gasteiger partial charge in [0.2, 0.25) is 0 Å². The van der Waals surface area contributed by atoms with E-state index < -0.39 is 5.60 Å². The third-order valence-electron chi connectivity index (χ3n) is 5.08. The maximum absolute atomic E-state index is 11.9. The molecule has 2 heteroatoms. The molecule has 2 nitrogen and oxygen atoms in total. The first-order valence-electron chi connectivity index (χ1n) is 8.56. The number of benzene rings is 2. The molecule has 0 spiro atoms. The number of hydrogen-bond acceptors (Lipinski definition) is 2. The zero-order valence-electron chi connectivity index (χ0n) is 13.6. The molecule has 0 bridgehead atoms. The molecule has 120 valence electrons. The van der Waals surface area contributed by atoms with Crippen LogP contribution in [0.25, 0.3) is 0 Å². The topological polar surface area (TPSA) is 33.1 Å². The number of aryl methyl sites for hydroxylation is 1. The van der Waals surface area contributed by atoms with E-state index in [1.54, 1.807) is 0 Å². The molecule has 24 heavy (non-hydrogen) atoms. The van der Waals surface area contributed by atoms with E-state index in [4.69, 9.17) is 0 Å². The van der Waals surface area contributed by atoms with Crippen LogP contribution in [-0.4, -0.2) is 10.1 Å². The van der Waals surface area contributed by atoms with Gasteiger partial charge in [0.15, 0.2) is 0 Å². The highest BCUT2D eigenvalue weighted by atomic mass is 16.3. The quantitative estimate of drug-likeness (QED) is 0.775. The van der Waals surface area contributed by atoms with E-state index in [0.717, 1.165) is 36.1 Å². The molecule has 0 saturated carbocycles. The highest BCUT2D eigenvalue weighted by molar-refractivity contribution is 5.42. The van der Waals surface area contributed by atoms with Crippen LogP contribution in [0.5, 0.6) is 0 Å². The molecule has 1 aromatic heterocycles. The van der Waals surface area contributed by atoms with E-state index in [9.17, 15) is 5.11 Å². The van der Waals surface area contributed by atoms with Gasteiger partial charge in [-0.15, -0.1) is 0 Å². The van der Waals surface area contributed by atoms with Gasteiger partial charge in [0.05, 0.1) is 11.6 Å². The van der Waals surface area contributed by atoms with Crippen molar-refractivity contribution in [2.24, 2.45) is 0 Å². The van der Waals surface area contributed by atoms with Gasteiger partial charge in [-0.2, -0.15) is 0 Å². The standard InChI is InChI=1S/C22H21NO/c24-22(15-8-12-17-9-4-5-13-19(17)22)21(18-10-2-1-3-11-18)20-14-6-7-16-23-20/h1-7,9-11,13-14,16,21,24H,8,12,15H2/t21-,22+/m0/s1. The maximum Gasteiger partial charge on any atom is 0.102 e. The van der Waals surface area contributed by atoms with Gasteiger partial charge in [-0.05, 0) is 48.1 Å². The number of hydrogen-bond donors (Lipinski definition) is 1. The fraction of sp³-hybridized carbons (Fsp3) is 0.227. The summed E-state index contributed by atoms with van der Waals surface area (Å²) in [6.45, 7) is 0. The summed E-state index contributed by atoms with van der Waals surface area (Å²) in [5.74, 6) is -0.165. The molecule has 0 saturated heterocycles. The van der Waals surface area contributed by atoms with Crippen molar-refractivity contribution in [3.63, 3.8) is 0 Å². The van der Waals surface area contributed by atoms with Crippen molar-refractivity contribution in [3.05, 3.63) is 101 Å². The fourth-order valence-corrected chi connectivity index (χ4v) is 4.03. The van der Waals surface area contributed by atoms with Crippen LogP contribution >= 0.6 is 0 Å². The van der Waals surface area contributed by atoms with E-state index in [-0.39, 0.29) is 5.92 Å². The minimum absolute atomic E-state index is 0.165. The Balaban J connectivity index is 1.92. The average Bonchev–Trinajstić information content (AvgIpc) is 2.64. The van der Waals surface area contributed by atoms with Gasteiger partial charge < -0.3 is 5.11 Å². The molecule has 2 aromatic carbocycles. The lowest BCUT2D eigenvalue weighted by atomic mass is 9.68. The molecule has 0 aliphatic heterocycles. The van der Waals surface area contributed by atoms with E-state index >= 15 is 0 Å². The normalized spacial score (nSPS) is 21.0. The first-order chi connectivity index (χ1) is 11.8. The molecular formula is C22H21NO. The number of aromatic nitrogens is 1. The lowest BCUT2D eigenvalue weighted by molar-refractivity contribution is 0.000969. The Kier molecular flexibility index (Phi) is 3.91. The molecule has 2 atom stereocenters. The van der Waals surface area contributed by atoms with Gasteiger partial charge in [-0.1, -0.05) is 60.7 Å². The summed E-state index contributed by atoms with van der Waals surface area (Å²) in [6.07, 6.45) is 4.58. The molecule has 1 N–H and O–H groups in total. The van der Waals surface area contributed by atoms with E-state index in [0.29, 0.717) is 0 Å². The fourth-order valence-electron chi connectivity index (χ4n) is 4.03. The highest BCUT2D eigenvalue weighted by Gasteiger charge is 2.43. The summed E-state index contributed by atoms with van der Waals surface area (Å²) >= 11 is 0. The SMILES string of the molecule is O[C@]1([C@@H](c2ccccc2)c2ccccn2)CCCc2ccccc21. The molecule has 1 aliphatic carbocycles. The third-order valence-corrected chi connectivity index (χ3v) is 5.08. The smallest absolute Gasteiger partial charge is 0.102 e. The van der Waals surface area contributed by atoms with Crippen LogP contribution in [0.2, 0.25) is 0 Å². The lowest BCUT2D eigenvalue weighted by Crippen LogP contribution is -2.38. The predicted molar refractivity (Wildman–Crippen MR) is 95.8 cm³/mol. The van der Waals surface area contributed by atoms with Crippen LogP contribution in [0.4, 0.5) is 0 Å². The molecule has 0 unspecified atom stereocenters. The van der Waals surface area contributed by atoms with Crippen molar-refractivity contribution in [3.8, 4) is 0 Å². The van der Waals surface area contributed by atoms with E-state index in [1.165, 1.54) is 5.56 Å². The van der Waals surface area contributed by atoms with Gasteiger partial charge in [0.25, 0.3) is 0 Å². The Morgan fingerprint density at radius 1 is 0.875 bits per heavy atom. The van der Waals surface area contributed by atoms with Crippen molar-refractivity contribution in [2.45, 2.75) is 30.8 Å². The Morgan fingerprint density at radius 3 is 2.42 bits per heavy atom. The van der Waals surface area contributed by atoms with E-state index in [2.05, 4.69) is 35.3 Å². The van der Waals surface area contributed by atoms with Crippen molar-refractivity contribution >= 4 is 0 Å². The zero-order valence-corrected chi connectivity index (χ0v) is 13.6. The van der Waals surface area contributed by atoms with Crippen molar-refractivity contribution in [1.29, 1.82) is 0 Å². The van der Waals surface area contributed by atoms with Crippen LogP contribution in [0.15, 0.2) is 79.0 Å². The van der Waals surface area contributed by atoms with Gasteiger partial charge in [-0.3, -0.25) is 4.98 Å². The van der Waals surface area contributed by atoms with Crippen LogP contribution in [0, 0.1) is 0 Å². The number of nitrogens with zero attached hydrogens (tertiary/aromatic N) is 1. The van der Waals surface area contributed by atoms with Crippen molar-refractivity contribution in [2.75, 3.05) is 0 Å². The first-order valence-corrected chi connectivity index (χ1v) is 8.56. The van der Waals surface area contributed by atoms with Crippen molar-refractivity contribution in [1.82, 2.24) is 4.98 Å². The average molecular weight is 315 g/mol. The molecule has 4 rings (SSSR count). The summed E-state index contributed by atoms with van der Waals surface area (Å²) in [4.78, 5) is 4.59. The summed E-state index contributed by atoms with van der Waals surface area (Å²) in [5, 5.41) is 11.9. The second-order valence-corrected chi connectivity index (χ2v) is 6.53. The minimum Gasteiger partial charge on any atom is -0.384 e. The summed E-state index contributed by atoms with van der Waals surface area (Å²) in [5.41, 5.74) is 3.40. The van der Waals surface area contributed by atoms with Crippen LogP contribution in [0.3, 0.4) is 0 Å². The largest absolute Gasteiger partial charge is 0.384 e. The summed E-state index contributed by atoms with van der Waals surface area (Å²) < 4.78 is 0. The minimum atomic E-state index is -0.926. The van der Waals surface area contributed by atoms with Gasteiger partial charge in [-0.25, -0.2) is 0 Å². The van der Waals surface area contributed by atoms with Gasteiger partial charge in [0, 0.05) is 6.20 Å². The number of aliphatic hydroxyl groups is 1. The Bertz CT molecular complexity index is 776. The lowest BCUT2D eigenvalue weighted by Gasteiger charge is -2.41. The third kappa shape index (κ3) is 2.53. The Morgan fingerprint density at radius 2 is 1.62 bits per heavy atom. The molecule has 1 heterocycles. The molecule has 0 amide bonds. The van der Waals surface area contributed by atoms with E-state index in [1.807, 2.05) is 48.7 Å². The summed E-state index contributed by atoms with van der Waals surface area (Å²) in [7, 11) is 0. The zero-order chi connectivity index (χ0) is 16.4. The number of fused-ring (bicyclic) bond motifs is 1. The van der Waals surface area contributed by atoms with Crippen LogP contribution in [0.1, 0.15) is 41.1 Å². The first kappa shape index (κ1) is 15.1. The maximum atomic E-state index is 11.9. The molecule has 1 aliphatic rings. The molecule has 0 fully saturated rings. The summed E-state index contributed by atoms with van der Waals surface area (Å²) in [6, 6.07) is 24.5. The second kappa shape index (κ2) is 6.21. The van der Waals surface area contributed by atoms with Crippen LogP contribution < -0.4 is 0 Å². The molecule has 3 aromatic rings. The highest BCUT2D eigenvalue weighted by Crippen LogP contribution is 2.47.